The minimum absolute atomic E-state index is 0.247. The van der Waals surface area contributed by atoms with Crippen molar-refractivity contribution in [2.75, 3.05) is 20.8 Å². The van der Waals surface area contributed by atoms with Gasteiger partial charge in [-0.05, 0) is 42.0 Å². The van der Waals surface area contributed by atoms with Crippen LogP contribution in [-0.2, 0) is 20.7 Å². The molecule has 1 aliphatic heterocycles. The van der Waals surface area contributed by atoms with Crippen molar-refractivity contribution >= 4 is 5.97 Å². The van der Waals surface area contributed by atoms with E-state index < -0.39 is 43.3 Å². The summed E-state index contributed by atoms with van der Waals surface area (Å²) in [7, 11) is 3.13. The lowest BCUT2D eigenvalue weighted by Gasteiger charge is -2.37. The molecular formula is C25H27NO10. The number of aromatic nitrogens is 1. The number of carbonyl (C=O) groups is 1. The van der Waals surface area contributed by atoms with Gasteiger partial charge in [0.25, 0.3) is 0 Å². The average molecular weight is 501 g/mol. The highest BCUT2D eigenvalue weighted by atomic mass is 16.6. The first-order chi connectivity index (χ1) is 17.3. The fourth-order valence-electron chi connectivity index (χ4n) is 3.87. The summed E-state index contributed by atoms with van der Waals surface area (Å²) in [5.41, 5.74) is 2.57. The molecule has 11 heteroatoms. The molecule has 192 valence electrons. The Morgan fingerprint density at radius 1 is 0.861 bits per heavy atom. The molecule has 0 bridgehead atoms. The zero-order valence-corrected chi connectivity index (χ0v) is 19.6. The zero-order valence-electron chi connectivity index (χ0n) is 19.6. The number of methoxy groups -OCH3 is 2. The van der Waals surface area contributed by atoms with Crippen LogP contribution in [0.5, 0.6) is 11.5 Å². The molecule has 4 rings (SSSR count). The third kappa shape index (κ3) is 5.35. The quantitative estimate of drug-likeness (QED) is 0.325. The summed E-state index contributed by atoms with van der Waals surface area (Å²) < 4.78 is 26.2. The zero-order chi connectivity index (χ0) is 25.8. The average Bonchev–Trinajstić information content (AvgIpc) is 3.32. The van der Waals surface area contributed by atoms with Crippen LogP contribution in [0.1, 0.15) is 5.76 Å². The van der Waals surface area contributed by atoms with Crippen molar-refractivity contribution < 1.29 is 48.7 Å². The van der Waals surface area contributed by atoms with Crippen LogP contribution >= 0.6 is 0 Å². The van der Waals surface area contributed by atoms with Gasteiger partial charge in [0.05, 0.1) is 19.8 Å². The fourth-order valence-corrected chi connectivity index (χ4v) is 3.87. The standard InChI is InChI=1S/C25H27NO10/c1-32-15-7-3-13(4-8-15)20-17(36-26-21(20)14-5-9-16(33-2)10-6-14)11-19(27)34-12-18-22(28)23(29)24(30)25(31)35-18/h3-10,18,22-25,28-31H,11-12H2,1-2H3/t18-,22+,23+,24-,25-/m1/s1. The molecule has 0 unspecified atom stereocenters. The lowest BCUT2D eigenvalue weighted by molar-refractivity contribution is -0.287. The Hall–Kier alpha value is -3.48. The molecule has 4 N–H and O–H groups in total. The first-order valence-corrected chi connectivity index (χ1v) is 11.1. The van der Waals surface area contributed by atoms with Crippen molar-refractivity contribution in [2.45, 2.75) is 37.1 Å². The van der Waals surface area contributed by atoms with Crippen molar-refractivity contribution in [3.8, 4) is 33.9 Å². The Morgan fingerprint density at radius 2 is 1.44 bits per heavy atom. The van der Waals surface area contributed by atoms with Crippen LogP contribution in [-0.4, -0.2) is 83.1 Å². The maximum absolute atomic E-state index is 12.6. The van der Waals surface area contributed by atoms with Crippen molar-refractivity contribution in [3.63, 3.8) is 0 Å². The summed E-state index contributed by atoms with van der Waals surface area (Å²) in [4.78, 5) is 12.6. The normalized spacial score (nSPS) is 23.8. The third-order valence-electron chi connectivity index (χ3n) is 5.91. The Balaban J connectivity index is 1.55. The molecule has 11 nitrogen and oxygen atoms in total. The van der Waals surface area contributed by atoms with Gasteiger partial charge in [0.2, 0.25) is 0 Å². The largest absolute Gasteiger partial charge is 0.497 e. The molecule has 2 aromatic carbocycles. The van der Waals surface area contributed by atoms with Gasteiger partial charge in [-0.3, -0.25) is 4.79 Å². The smallest absolute Gasteiger partial charge is 0.313 e. The molecular weight excluding hydrogens is 474 g/mol. The summed E-state index contributed by atoms with van der Waals surface area (Å²) in [6.45, 7) is -0.460. The molecule has 1 aromatic heterocycles. The first-order valence-electron chi connectivity index (χ1n) is 11.1. The Morgan fingerprint density at radius 3 is 2.03 bits per heavy atom. The van der Waals surface area contributed by atoms with Gasteiger partial charge in [0, 0.05) is 5.56 Å². The SMILES string of the molecule is COc1ccc(-c2noc(CC(=O)OC[C@H]3O[C@@H](O)[C@H](O)[C@@H](O)[C@H]3O)c2-c2ccc(OC)cc2)cc1. The van der Waals surface area contributed by atoms with Crippen LogP contribution in [0.4, 0.5) is 0 Å². The lowest BCUT2D eigenvalue weighted by Crippen LogP contribution is -2.58. The van der Waals surface area contributed by atoms with E-state index in [0.29, 0.717) is 22.8 Å². The highest BCUT2D eigenvalue weighted by Gasteiger charge is 2.43. The number of carbonyl (C=O) groups excluding carboxylic acids is 1. The number of rotatable bonds is 8. The number of benzene rings is 2. The van der Waals surface area contributed by atoms with Crippen LogP contribution in [0.25, 0.3) is 22.4 Å². The maximum Gasteiger partial charge on any atom is 0.313 e. The molecule has 1 fully saturated rings. The van der Waals surface area contributed by atoms with E-state index in [2.05, 4.69) is 5.16 Å². The fraction of sp³-hybridized carbons (Fsp3) is 0.360. The second-order valence-electron chi connectivity index (χ2n) is 8.18. The van der Waals surface area contributed by atoms with E-state index in [-0.39, 0.29) is 12.2 Å². The van der Waals surface area contributed by atoms with Gasteiger partial charge in [0.1, 0.15) is 54.6 Å². The Labute approximate surface area is 206 Å². The van der Waals surface area contributed by atoms with Gasteiger partial charge in [-0.25, -0.2) is 0 Å². The third-order valence-corrected chi connectivity index (χ3v) is 5.91. The molecule has 1 aliphatic rings. The van der Waals surface area contributed by atoms with E-state index in [1.165, 1.54) is 0 Å². The first kappa shape index (κ1) is 25.6. The van der Waals surface area contributed by atoms with E-state index in [0.717, 1.165) is 11.1 Å². The van der Waals surface area contributed by atoms with Gasteiger partial charge < -0.3 is 43.9 Å². The number of hydrogen-bond acceptors (Lipinski definition) is 11. The Kier molecular flexibility index (Phi) is 7.87. The molecule has 0 saturated carbocycles. The van der Waals surface area contributed by atoms with Crippen molar-refractivity contribution in [2.24, 2.45) is 0 Å². The van der Waals surface area contributed by atoms with E-state index in [9.17, 15) is 25.2 Å². The van der Waals surface area contributed by atoms with Crippen molar-refractivity contribution in [3.05, 3.63) is 54.3 Å². The topological polar surface area (TPSA) is 161 Å². The summed E-state index contributed by atoms with van der Waals surface area (Å²) in [6, 6.07) is 14.4. The van der Waals surface area contributed by atoms with Gasteiger partial charge >= 0.3 is 5.97 Å². The molecule has 3 aromatic rings. The Bertz CT molecular complexity index is 1160. The van der Waals surface area contributed by atoms with Crippen LogP contribution in [0.3, 0.4) is 0 Å². The molecule has 0 aliphatic carbocycles. The second kappa shape index (κ2) is 11.1. The van der Waals surface area contributed by atoms with Gasteiger partial charge in [-0.15, -0.1) is 0 Å². The van der Waals surface area contributed by atoms with Crippen LogP contribution in [0.2, 0.25) is 0 Å². The summed E-state index contributed by atoms with van der Waals surface area (Å²) in [5, 5.41) is 43.3. The van der Waals surface area contributed by atoms with Gasteiger partial charge in [-0.2, -0.15) is 0 Å². The van der Waals surface area contributed by atoms with E-state index in [4.69, 9.17) is 23.5 Å². The van der Waals surface area contributed by atoms with Crippen LogP contribution < -0.4 is 9.47 Å². The van der Waals surface area contributed by atoms with E-state index in [1.54, 1.807) is 38.5 Å². The highest BCUT2D eigenvalue weighted by Crippen LogP contribution is 2.36. The van der Waals surface area contributed by atoms with Crippen molar-refractivity contribution in [1.82, 2.24) is 5.16 Å². The molecule has 0 amide bonds. The number of esters is 1. The second-order valence-corrected chi connectivity index (χ2v) is 8.18. The maximum atomic E-state index is 12.6. The number of aliphatic hydroxyl groups is 4. The van der Waals surface area contributed by atoms with E-state index >= 15 is 0 Å². The summed E-state index contributed by atoms with van der Waals surface area (Å²) in [5.74, 6) is 0.860. The molecule has 1 saturated heterocycles. The predicted molar refractivity (Wildman–Crippen MR) is 124 cm³/mol. The lowest BCUT2D eigenvalue weighted by atomic mass is 9.98. The number of nitrogens with zero attached hydrogens (tertiary/aromatic N) is 1. The van der Waals surface area contributed by atoms with E-state index in [1.807, 2.05) is 24.3 Å². The predicted octanol–water partition coefficient (Wildman–Crippen LogP) is 0.911. The van der Waals surface area contributed by atoms with Gasteiger partial charge in [-0.1, -0.05) is 17.3 Å². The number of aliphatic hydroxyl groups excluding tert-OH is 4. The minimum atomic E-state index is -1.73. The monoisotopic (exact) mass is 501 g/mol. The van der Waals surface area contributed by atoms with Gasteiger partial charge in [0.15, 0.2) is 12.1 Å². The number of hydrogen-bond donors (Lipinski definition) is 4. The molecule has 0 spiro atoms. The van der Waals surface area contributed by atoms with Crippen LogP contribution in [0, 0.1) is 0 Å². The van der Waals surface area contributed by atoms with Crippen LogP contribution in [0.15, 0.2) is 53.1 Å². The summed E-state index contributed by atoms with van der Waals surface area (Å²) in [6.07, 6.45) is -8.13. The molecule has 5 atom stereocenters. The summed E-state index contributed by atoms with van der Waals surface area (Å²) >= 11 is 0. The minimum Gasteiger partial charge on any atom is -0.497 e. The highest BCUT2D eigenvalue weighted by molar-refractivity contribution is 5.85. The van der Waals surface area contributed by atoms with Crippen molar-refractivity contribution in [1.29, 1.82) is 0 Å². The number of ether oxygens (including phenoxy) is 4. The molecule has 2 heterocycles. The molecule has 0 radical (unpaired) electrons. The molecule has 36 heavy (non-hydrogen) atoms.